The van der Waals surface area contributed by atoms with E-state index in [-0.39, 0.29) is 0 Å². The topological polar surface area (TPSA) is 33.3 Å². The van der Waals surface area contributed by atoms with E-state index < -0.39 is 0 Å². The zero-order valence-corrected chi connectivity index (χ0v) is 14.2. The number of halogens is 1. The molecule has 22 heavy (non-hydrogen) atoms. The molecule has 116 valence electrons. The molecule has 0 fully saturated rings. The molecule has 0 spiro atoms. The second-order valence-corrected chi connectivity index (χ2v) is 5.79. The molecule has 0 bridgehead atoms. The Kier molecular flexibility index (Phi) is 6.04. The lowest BCUT2D eigenvalue weighted by Crippen LogP contribution is -2.32. The van der Waals surface area contributed by atoms with Crippen LogP contribution in [-0.4, -0.2) is 18.3 Å². The van der Waals surface area contributed by atoms with E-state index in [4.69, 9.17) is 28.6 Å². The summed E-state index contributed by atoms with van der Waals surface area (Å²) in [5.74, 6) is 0.680. The normalized spacial score (nSPS) is 10.1. The van der Waals surface area contributed by atoms with E-state index in [1.807, 2.05) is 25.1 Å². The molecule has 2 aromatic carbocycles. The van der Waals surface area contributed by atoms with Crippen LogP contribution >= 0.6 is 23.8 Å². The SMILES string of the molecule is Cc1ccc(C)c(NC(=S)NCCOc2ccccc2Cl)c1. The summed E-state index contributed by atoms with van der Waals surface area (Å²) in [6, 6.07) is 13.6. The minimum atomic E-state index is 0.484. The van der Waals surface area contributed by atoms with Gasteiger partial charge in [0.25, 0.3) is 0 Å². The number of ether oxygens (including phenoxy) is 1. The summed E-state index contributed by atoms with van der Waals surface area (Å²) in [4.78, 5) is 0. The fourth-order valence-corrected chi connectivity index (χ4v) is 2.33. The predicted octanol–water partition coefficient (Wildman–Crippen LogP) is 4.32. The Morgan fingerprint density at radius 2 is 1.95 bits per heavy atom. The lowest BCUT2D eigenvalue weighted by Gasteiger charge is -2.14. The number of benzene rings is 2. The fourth-order valence-electron chi connectivity index (χ4n) is 1.92. The highest BCUT2D eigenvalue weighted by Gasteiger charge is 2.02. The largest absolute Gasteiger partial charge is 0.490 e. The average Bonchev–Trinajstić information content (AvgIpc) is 2.49. The van der Waals surface area contributed by atoms with Crippen molar-refractivity contribution in [3.8, 4) is 5.75 Å². The Balaban J connectivity index is 1.76. The standard InChI is InChI=1S/C17H19ClN2OS/c1-12-7-8-13(2)15(11-12)20-17(22)19-9-10-21-16-6-4-3-5-14(16)18/h3-8,11H,9-10H2,1-2H3,(H2,19,20,22). The van der Waals surface area contributed by atoms with Crippen LogP contribution in [0, 0.1) is 13.8 Å². The Morgan fingerprint density at radius 3 is 2.73 bits per heavy atom. The van der Waals surface area contributed by atoms with Gasteiger partial charge in [-0.1, -0.05) is 35.9 Å². The maximum atomic E-state index is 6.02. The molecular formula is C17H19ClN2OS. The molecule has 0 radical (unpaired) electrons. The van der Waals surface area contributed by atoms with Gasteiger partial charge in [-0.15, -0.1) is 0 Å². The van der Waals surface area contributed by atoms with Crippen molar-refractivity contribution in [2.45, 2.75) is 13.8 Å². The zero-order valence-electron chi connectivity index (χ0n) is 12.7. The second kappa shape index (κ2) is 8.01. The molecule has 0 aliphatic carbocycles. The van der Waals surface area contributed by atoms with Gasteiger partial charge in [-0.25, -0.2) is 0 Å². The molecule has 0 atom stereocenters. The summed E-state index contributed by atoms with van der Waals surface area (Å²) in [7, 11) is 0. The highest BCUT2D eigenvalue weighted by atomic mass is 35.5. The smallest absolute Gasteiger partial charge is 0.170 e. The van der Waals surface area contributed by atoms with Crippen molar-refractivity contribution in [2.75, 3.05) is 18.5 Å². The van der Waals surface area contributed by atoms with Crippen LogP contribution in [0.25, 0.3) is 0 Å². The molecule has 0 aliphatic rings. The van der Waals surface area contributed by atoms with Crippen molar-refractivity contribution in [3.63, 3.8) is 0 Å². The van der Waals surface area contributed by atoms with Crippen LogP contribution in [-0.2, 0) is 0 Å². The van der Waals surface area contributed by atoms with E-state index in [0.717, 1.165) is 11.3 Å². The number of aryl methyl sites for hydroxylation is 2. The van der Waals surface area contributed by atoms with Crippen LogP contribution in [0.1, 0.15) is 11.1 Å². The number of thiocarbonyl (C=S) groups is 1. The van der Waals surface area contributed by atoms with Crippen molar-refractivity contribution in [3.05, 3.63) is 58.6 Å². The Morgan fingerprint density at radius 1 is 1.18 bits per heavy atom. The molecular weight excluding hydrogens is 316 g/mol. The van der Waals surface area contributed by atoms with Gasteiger partial charge < -0.3 is 15.4 Å². The molecule has 3 nitrogen and oxygen atoms in total. The quantitative estimate of drug-likeness (QED) is 0.630. The van der Waals surface area contributed by atoms with E-state index in [2.05, 4.69) is 35.8 Å². The van der Waals surface area contributed by atoms with E-state index in [1.165, 1.54) is 5.56 Å². The number of para-hydroxylation sites is 1. The van der Waals surface area contributed by atoms with Crippen molar-refractivity contribution in [1.82, 2.24) is 5.32 Å². The molecule has 2 aromatic rings. The third-order valence-electron chi connectivity index (χ3n) is 3.12. The van der Waals surface area contributed by atoms with Crippen LogP contribution in [0.15, 0.2) is 42.5 Å². The minimum Gasteiger partial charge on any atom is -0.490 e. The summed E-state index contributed by atoms with van der Waals surface area (Å²) in [6.07, 6.45) is 0. The molecule has 2 rings (SSSR count). The number of nitrogens with one attached hydrogen (secondary N) is 2. The van der Waals surface area contributed by atoms with Crippen LogP contribution in [0.3, 0.4) is 0 Å². The van der Waals surface area contributed by atoms with Crippen LogP contribution in [0.4, 0.5) is 5.69 Å². The molecule has 5 heteroatoms. The summed E-state index contributed by atoms with van der Waals surface area (Å²) < 4.78 is 5.60. The summed E-state index contributed by atoms with van der Waals surface area (Å²) in [5, 5.41) is 7.51. The first kappa shape index (κ1) is 16.6. The maximum absolute atomic E-state index is 6.02. The van der Waals surface area contributed by atoms with Gasteiger partial charge in [-0.05, 0) is 55.4 Å². The molecule has 2 N–H and O–H groups in total. The summed E-state index contributed by atoms with van der Waals surface area (Å²) in [6.45, 7) is 5.18. The summed E-state index contributed by atoms with van der Waals surface area (Å²) >= 11 is 11.3. The van der Waals surface area contributed by atoms with Crippen LogP contribution in [0.2, 0.25) is 5.02 Å². The minimum absolute atomic E-state index is 0.484. The molecule has 0 unspecified atom stereocenters. The van der Waals surface area contributed by atoms with Crippen molar-refractivity contribution in [2.24, 2.45) is 0 Å². The first-order valence-corrected chi connectivity index (χ1v) is 7.84. The van der Waals surface area contributed by atoms with Crippen molar-refractivity contribution >= 4 is 34.6 Å². The van der Waals surface area contributed by atoms with Gasteiger partial charge in [-0.2, -0.15) is 0 Å². The van der Waals surface area contributed by atoms with Crippen LogP contribution in [0.5, 0.6) is 5.75 Å². The molecule has 0 aromatic heterocycles. The molecule has 0 aliphatic heterocycles. The zero-order chi connectivity index (χ0) is 15.9. The van der Waals surface area contributed by atoms with Crippen LogP contribution < -0.4 is 15.4 Å². The number of hydrogen-bond donors (Lipinski definition) is 2. The van der Waals surface area contributed by atoms with Gasteiger partial charge in [0.15, 0.2) is 5.11 Å². The van der Waals surface area contributed by atoms with Gasteiger partial charge in [0.05, 0.1) is 11.6 Å². The average molecular weight is 335 g/mol. The first-order chi connectivity index (χ1) is 10.6. The first-order valence-electron chi connectivity index (χ1n) is 7.05. The lowest BCUT2D eigenvalue weighted by molar-refractivity contribution is 0.323. The molecule has 0 heterocycles. The molecule has 0 saturated heterocycles. The Bertz CT molecular complexity index is 661. The highest BCUT2D eigenvalue weighted by molar-refractivity contribution is 7.80. The van der Waals surface area contributed by atoms with Gasteiger partial charge >= 0.3 is 0 Å². The lowest BCUT2D eigenvalue weighted by atomic mass is 10.1. The van der Waals surface area contributed by atoms with E-state index >= 15 is 0 Å². The van der Waals surface area contributed by atoms with Gasteiger partial charge in [0.2, 0.25) is 0 Å². The third kappa shape index (κ3) is 4.90. The monoisotopic (exact) mass is 334 g/mol. The van der Waals surface area contributed by atoms with Crippen molar-refractivity contribution in [1.29, 1.82) is 0 Å². The number of hydrogen-bond acceptors (Lipinski definition) is 2. The Hall–Kier alpha value is -1.78. The van der Waals surface area contributed by atoms with Crippen molar-refractivity contribution < 1.29 is 4.74 Å². The van der Waals surface area contributed by atoms with Gasteiger partial charge in [0.1, 0.15) is 12.4 Å². The van der Waals surface area contributed by atoms with Gasteiger partial charge in [-0.3, -0.25) is 0 Å². The third-order valence-corrected chi connectivity index (χ3v) is 3.68. The summed E-state index contributed by atoms with van der Waals surface area (Å²) in [5.41, 5.74) is 3.37. The van der Waals surface area contributed by atoms with E-state index in [9.17, 15) is 0 Å². The number of anilines is 1. The molecule has 0 saturated carbocycles. The highest BCUT2D eigenvalue weighted by Crippen LogP contribution is 2.22. The molecule has 0 amide bonds. The fraction of sp³-hybridized carbons (Fsp3) is 0.235. The maximum Gasteiger partial charge on any atom is 0.170 e. The van der Waals surface area contributed by atoms with Gasteiger partial charge in [0, 0.05) is 5.69 Å². The van der Waals surface area contributed by atoms with E-state index in [0.29, 0.717) is 29.0 Å². The predicted molar refractivity (Wildman–Crippen MR) is 97.1 cm³/mol. The number of rotatable bonds is 5. The second-order valence-electron chi connectivity index (χ2n) is 4.98. The van der Waals surface area contributed by atoms with E-state index in [1.54, 1.807) is 6.07 Å². The Labute approximate surface area is 141 Å².